The Morgan fingerprint density at radius 1 is 1.15 bits per heavy atom. The van der Waals surface area contributed by atoms with Gasteiger partial charge in [0.15, 0.2) is 0 Å². The maximum atomic E-state index is 12.3. The lowest BCUT2D eigenvalue weighted by Crippen LogP contribution is -2.23. The number of rotatable bonds is 6. The van der Waals surface area contributed by atoms with Crippen LogP contribution in [0, 0.1) is 11.8 Å². The van der Waals surface area contributed by atoms with Gasteiger partial charge in [-0.25, -0.2) is 0 Å². The second-order valence-corrected chi connectivity index (χ2v) is 5.67. The fraction of sp³-hybridized carbons (Fsp3) is 0.136. The van der Waals surface area contributed by atoms with Crippen LogP contribution in [-0.2, 0) is 6.42 Å². The fourth-order valence-corrected chi connectivity index (χ4v) is 2.68. The van der Waals surface area contributed by atoms with E-state index in [9.17, 15) is 4.79 Å². The van der Waals surface area contributed by atoms with Crippen LogP contribution in [0.1, 0.15) is 15.9 Å². The molecule has 0 spiro atoms. The molecule has 1 aromatic heterocycles. The van der Waals surface area contributed by atoms with E-state index in [1.165, 1.54) is 0 Å². The summed E-state index contributed by atoms with van der Waals surface area (Å²) in [4.78, 5) is 15.3. The number of carbonyl (C=O) groups is 1. The standard InChI is InChI=1S/C22H20N2O2/c1-2-9-17-10-3-6-13-21(17)26-15-8-7-14-23-22(25)19-16-24-20-12-5-4-11-18(19)20/h2-6,10-13,16,24H,1,9,14-15H2,(H,23,25). The molecule has 2 N–H and O–H groups in total. The molecule has 0 bridgehead atoms. The Morgan fingerprint density at radius 2 is 1.96 bits per heavy atom. The number of aromatic nitrogens is 1. The Morgan fingerprint density at radius 3 is 2.85 bits per heavy atom. The smallest absolute Gasteiger partial charge is 0.254 e. The number of hydrogen-bond donors (Lipinski definition) is 2. The van der Waals surface area contributed by atoms with Crippen LogP contribution in [0.25, 0.3) is 10.9 Å². The van der Waals surface area contributed by atoms with Crippen molar-refractivity contribution in [2.75, 3.05) is 13.2 Å². The van der Waals surface area contributed by atoms with Crippen LogP contribution in [0.3, 0.4) is 0 Å². The van der Waals surface area contributed by atoms with Gasteiger partial charge in [-0.15, -0.1) is 6.58 Å². The van der Waals surface area contributed by atoms with Crippen molar-refractivity contribution in [2.45, 2.75) is 6.42 Å². The zero-order valence-corrected chi connectivity index (χ0v) is 14.4. The Labute approximate surface area is 152 Å². The molecule has 0 fully saturated rings. The van der Waals surface area contributed by atoms with Crippen molar-refractivity contribution in [3.8, 4) is 17.6 Å². The van der Waals surface area contributed by atoms with Crippen molar-refractivity contribution in [1.29, 1.82) is 0 Å². The van der Waals surface area contributed by atoms with Crippen LogP contribution < -0.4 is 10.1 Å². The molecule has 0 aliphatic heterocycles. The lowest BCUT2D eigenvalue weighted by molar-refractivity contribution is 0.0960. The third-order valence-corrected chi connectivity index (χ3v) is 3.93. The zero-order valence-electron chi connectivity index (χ0n) is 14.4. The minimum Gasteiger partial charge on any atom is -0.481 e. The first-order valence-electron chi connectivity index (χ1n) is 8.41. The van der Waals surface area contributed by atoms with Gasteiger partial charge in [0.1, 0.15) is 12.4 Å². The molecule has 0 saturated carbocycles. The fourth-order valence-electron chi connectivity index (χ4n) is 2.68. The summed E-state index contributed by atoms with van der Waals surface area (Å²) in [5.41, 5.74) is 2.64. The van der Waals surface area contributed by atoms with Gasteiger partial charge in [0.05, 0.1) is 12.1 Å². The number of nitrogens with one attached hydrogen (secondary N) is 2. The van der Waals surface area contributed by atoms with Gasteiger partial charge < -0.3 is 15.0 Å². The highest BCUT2D eigenvalue weighted by Crippen LogP contribution is 2.18. The van der Waals surface area contributed by atoms with E-state index < -0.39 is 0 Å². The maximum absolute atomic E-state index is 12.3. The van der Waals surface area contributed by atoms with Gasteiger partial charge in [-0.05, 0) is 24.1 Å². The molecule has 0 aliphatic carbocycles. The number of allylic oxidation sites excluding steroid dienone is 1. The number of fused-ring (bicyclic) bond motifs is 1. The van der Waals surface area contributed by atoms with E-state index in [2.05, 4.69) is 28.7 Å². The van der Waals surface area contributed by atoms with E-state index in [0.717, 1.165) is 28.6 Å². The number of aromatic amines is 1. The second kappa shape index (κ2) is 8.59. The first-order chi connectivity index (χ1) is 12.8. The largest absolute Gasteiger partial charge is 0.481 e. The summed E-state index contributed by atoms with van der Waals surface area (Å²) in [5.74, 6) is 6.50. The summed E-state index contributed by atoms with van der Waals surface area (Å²) < 4.78 is 5.69. The molecular weight excluding hydrogens is 324 g/mol. The Hall–Kier alpha value is -3.45. The minimum absolute atomic E-state index is 0.144. The predicted octanol–water partition coefficient (Wildman–Crippen LogP) is 3.71. The van der Waals surface area contributed by atoms with Crippen molar-refractivity contribution in [3.63, 3.8) is 0 Å². The van der Waals surface area contributed by atoms with Gasteiger partial charge in [0, 0.05) is 17.1 Å². The molecule has 4 heteroatoms. The van der Waals surface area contributed by atoms with Crippen molar-refractivity contribution < 1.29 is 9.53 Å². The first kappa shape index (κ1) is 17.4. The average molecular weight is 344 g/mol. The van der Waals surface area contributed by atoms with Gasteiger partial charge in [-0.3, -0.25) is 4.79 Å². The quantitative estimate of drug-likeness (QED) is 0.529. The number of amides is 1. The Kier molecular flexibility index (Phi) is 5.74. The number of benzene rings is 2. The third kappa shape index (κ3) is 4.14. The molecule has 0 unspecified atom stereocenters. The average Bonchev–Trinajstić information content (AvgIpc) is 3.10. The van der Waals surface area contributed by atoms with E-state index in [-0.39, 0.29) is 19.1 Å². The number of hydrogen-bond acceptors (Lipinski definition) is 2. The molecule has 130 valence electrons. The number of H-pyrrole nitrogens is 1. The maximum Gasteiger partial charge on any atom is 0.254 e. The molecular formula is C22H20N2O2. The highest BCUT2D eigenvalue weighted by atomic mass is 16.5. The molecule has 0 aliphatic rings. The molecule has 3 rings (SSSR count). The van der Waals surface area contributed by atoms with Gasteiger partial charge in [-0.1, -0.05) is 54.3 Å². The van der Waals surface area contributed by atoms with Crippen molar-refractivity contribution in [2.24, 2.45) is 0 Å². The van der Waals surface area contributed by atoms with Gasteiger partial charge in [0.2, 0.25) is 0 Å². The molecule has 1 heterocycles. The second-order valence-electron chi connectivity index (χ2n) is 5.67. The van der Waals surface area contributed by atoms with Crippen LogP contribution in [0.5, 0.6) is 5.75 Å². The van der Waals surface area contributed by atoms with E-state index in [1.807, 2.05) is 54.6 Å². The highest BCUT2D eigenvalue weighted by molar-refractivity contribution is 6.06. The summed E-state index contributed by atoms with van der Waals surface area (Å²) in [7, 11) is 0. The van der Waals surface area contributed by atoms with E-state index in [1.54, 1.807) is 6.20 Å². The third-order valence-electron chi connectivity index (χ3n) is 3.93. The summed E-state index contributed by atoms with van der Waals surface area (Å²) in [6, 6.07) is 15.5. The van der Waals surface area contributed by atoms with Crippen LogP contribution >= 0.6 is 0 Å². The topological polar surface area (TPSA) is 54.1 Å². The SMILES string of the molecule is C=CCc1ccccc1OCC#CCNC(=O)c1c[nH]c2ccccc12. The molecule has 3 aromatic rings. The van der Waals surface area contributed by atoms with Gasteiger partial charge >= 0.3 is 0 Å². The van der Waals surface area contributed by atoms with Crippen LogP contribution in [-0.4, -0.2) is 24.0 Å². The lowest BCUT2D eigenvalue weighted by atomic mass is 10.1. The van der Waals surface area contributed by atoms with Gasteiger partial charge in [-0.2, -0.15) is 0 Å². The molecule has 0 atom stereocenters. The van der Waals surface area contributed by atoms with Crippen LogP contribution in [0.2, 0.25) is 0 Å². The van der Waals surface area contributed by atoms with Crippen LogP contribution in [0.15, 0.2) is 67.4 Å². The number of para-hydroxylation sites is 2. The Bertz CT molecular complexity index is 976. The monoisotopic (exact) mass is 344 g/mol. The first-order valence-corrected chi connectivity index (χ1v) is 8.41. The van der Waals surface area contributed by atoms with E-state index in [4.69, 9.17) is 4.74 Å². The number of carbonyl (C=O) groups excluding carboxylic acids is 1. The predicted molar refractivity (Wildman–Crippen MR) is 104 cm³/mol. The lowest BCUT2D eigenvalue weighted by Gasteiger charge is -2.07. The number of ether oxygens (including phenoxy) is 1. The van der Waals surface area contributed by atoms with Crippen molar-refractivity contribution in [1.82, 2.24) is 10.3 Å². The van der Waals surface area contributed by atoms with Crippen molar-refractivity contribution in [3.05, 3.63) is 78.5 Å². The van der Waals surface area contributed by atoms with E-state index in [0.29, 0.717) is 5.56 Å². The molecule has 4 nitrogen and oxygen atoms in total. The zero-order chi connectivity index (χ0) is 18.2. The molecule has 0 saturated heterocycles. The minimum atomic E-state index is -0.144. The van der Waals surface area contributed by atoms with Crippen molar-refractivity contribution >= 4 is 16.8 Å². The highest BCUT2D eigenvalue weighted by Gasteiger charge is 2.10. The summed E-state index contributed by atoms with van der Waals surface area (Å²) in [6.45, 7) is 4.30. The molecule has 2 aromatic carbocycles. The van der Waals surface area contributed by atoms with Crippen LogP contribution in [0.4, 0.5) is 0 Å². The normalized spacial score (nSPS) is 10.0. The summed E-state index contributed by atoms with van der Waals surface area (Å²) >= 11 is 0. The van der Waals surface area contributed by atoms with Gasteiger partial charge in [0.25, 0.3) is 5.91 Å². The molecule has 0 radical (unpaired) electrons. The Balaban J connectivity index is 1.50. The van der Waals surface area contributed by atoms with E-state index >= 15 is 0 Å². The molecule has 26 heavy (non-hydrogen) atoms. The molecule has 1 amide bonds. The summed E-state index contributed by atoms with van der Waals surface area (Å²) in [5, 5.41) is 3.71. The summed E-state index contributed by atoms with van der Waals surface area (Å²) in [6.07, 6.45) is 4.31.